The standard InChI is InChI=1S/C23H24N2O/c1-14-10-11-16-17(24-14)12-13-19-22(16)21(15-6-3-2-4-7-15)23-18(25-19)8-5-9-20(23)26/h2-3,10-13,15,21,25H,4-9H2,1H3. The number of hydrogen-bond acceptors (Lipinski definition) is 3. The molecule has 1 aromatic heterocycles. The molecule has 1 aromatic carbocycles. The fourth-order valence-electron chi connectivity index (χ4n) is 5.03. The molecular formula is C23H24N2O. The third kappa shape index (κ3) is 2.41. The van der Waals surface area contributed by atoms with Gasteiger partial charge in [-0.05, 0) is 68.7 Å². The molecule has 0 bridgehead atoms. The smallest absolute Gasteiger partial charge is 0.161 e. The second-order valence-corrected chi connectivity index (χ2v) is 7.86. The number of aromatic nitrogens is 1. The van der Waals surface area contributed by atoms with E-state index in [1.165, 1.54) is 22.3 Å². The Morgan fingerprint density at radius 1 is 1.12 bits per heavy atom. The van der Waals surface area contributed by atoms with Crippen molar-refractivity contribution in [1.82, 2.24) is 4.98 Å². The third-order valence-corrected chi connectivity index (χ3v) is 6.20. The number of fused-ring (bicyclic) bond motifs is 3. The molecule has 1 N–H and O–H groups in total. The summed E-state index contributed by atoms with van der Waals surface area (Å²) >= 11 is 0. The van der Waals surface area contributed by atoms with E-state index in [-0.39, 0.29) is 5.92 Å². The van der Waals surface area contributed by atoms with Crippen molar-refractivity contribution >= 4 is 22.4 Å². The molecule has 5 rings (SSSR count). The van der Waals surface area contributed by atoms with Crippen LogP contribution < -0.4 is 5.32 Å². The highest BCUT2D eigenvalue weighted by Crippen LogP contribution is 2.50. The number of anilines is 1. The van der Waals surface area contributed by atoms with Crippen molar-refractivity contribution in [3.8, 4) is 0 Å². The lowest BCUT2D eigenvalue weighted by Gasteiger charge is -2.39. The Morgan fingerprint density at radius 2 is 2.04 bits per heavy atom. The van der Waals surface area contributed by atoms with E-state index in [9.17, 15) is 4.79 Å². The van der Waals surface area contributed by atoms with Crippen LogP contribution in [-0.2, 0) is 4.79 Å². The SMILES string of the molecule is Cc1ccc2c3c(ccc2n1)NC1=C(C(=O)CCC1)C3C1CC=CCC1. The van der Waals surface area contributed by atoms with E-state index in [1.54, 1.807) is 0 Å². The van der Waals surface area contributed by atoms with Gasteiger partial charge >= 0.3 is 0 Å². The van der Waals surface area contributed by atoms with Gasteiger partial charge in [-0.25, -0.2) is 0 Å². The Bertz CT molecular complexity index is 970. The Hall–Kier alpha value is -2.42. The van der Waals surface area contributed by atoms with E-state index in [4.69, 9.17) is 4.98 Å². The third-order valence-electron chi connectivity index (χ3n) is 6.20. The fraction of sp³-hybridized carbons (Fsp3) is 0.391. The summed E-state index contributed by atoms with van der Waals surface area (Å²) in [6.45, 7) is 2.03. The summed E-state index contributed by atoms with van der Waals surface area (Å²) in [5, 5.41) is 4.82. The van der Waals surface area contributed by atoms with Crippen LogP contribution in [0.15, 0.2) is 47.7 Å². The minimum absolute atomic E-state index is 0.201. The van der Waals surface area contributed by atoms with Crippen molar-refractivity contribution in [2.45, 2.75) is 51.4 Å². The molecule has 0 saturated heterocycles. The summed E-state index contributed by atoms with van der Waals surface area (Å²) < 4.78 is 0. The minimum atomic E-state index is 0.201. The fourth-order valence-corrected chi connectivity index (χ4v) is 5.03. The van der Waals surface area contributed by atoms with Gasteiger partial charge in [0.2, 0.25) is 0 Å². The first-order chi connectivity index (χ1) is 12.7. The average molecular weight is 344 g/mol. The zero-order chi connectivity index (χ0) is 17.7. The number of Topliss-reactive ketones (excluding diaryl/α,β-unsaturated/α-hetero) is 1. The van der Waals surface area contributed by atoms with Crippen LogP contribution in [0.5, 0.6) is 0 Å². The highest BCUT2D eigenvalue weighted by atomic mass is 16.1. The maximum absolute atomic E-state index is 13.0. The highest BCUT2D eigenvalue weighted by molar-refractivity contribution is 6.02. The van der Waals surface area contributed by atoms with Crippen molar-refractivity contribution in [2.75, 3.05) is 5.32 Å². The minimum Gasteiger partial charge on any atom is -0.358 e. The second kappa shape index (κ2) is 6.08. The van der Waals surface area contributed by atoms with E-state index in [1.807, 2.05) is 6.92 Å². The van der Waals surface area contributed by atoms with Crippen molar-refractivity contribution in [2.24, 2.45) is 5.92 Å². The maximum atomic E-state index is 13.0. The lowest BCUT2D eigenvalue weighted by molar-refractivity contribution is -0.116. The average Bonchev–Trinajstić information content (AvgIpc) is 2.67. The second-order valence-electron chi connectivity index (χ2n) is 7.86. The first-order valence-electron chi connectivity index (χ1n) is 9.81. The van der Waals surface area contributed by atoms with Crippen LogP contribution in [0.3, 0.4) is 0 Å². The summed E-state index contributed by atoms with van der Waals surface area (Å²) in [6, 6.07) is 8.57. The van der Waals surface area contributed by atoms with Gasteiger partial charge in [0.25, 0.3) is 0 Å². The van der Waals surface area contributed by atoms with Crippen LogP contribution in [-0.4, -0.2) is 10.8 Å². The van der Waals surface area contributed by atoms with Crippen LogP contribution in [0.2, 0.25) is 0 Å². The molecule has 3 aliphatic rings. The number of pyridine rings is 1. The van der Waals surface area contributed by atoms with Gasteiger partial charge in [0, 0.05) is 40.4 Å². The predicted molar refractivity (Wildman–Crippen MR) is 105 cm³/mol. The predicted octanol–water partition coefficient (Wildman–Crippen LogP) is 5.42. The maximum Gasteiger partial charge on any atom is 0.161 e. The lowest BCUT2D eigenvalue weighted by atomic mass is 9.69. The number of aryl methyl sites for hydroxylation is 1. The van der Waals surface area contributed by atoms with E-state index < -0.39 is 0 Å². The van der Waals surface area contributed by atoms with E-state index >= 15 is 0 Å². The van der Waals surface area contributed by atoms with Crippen LogP contribution in [0.25, 0.3) is 10.9 Å². The quantitative estimate of drug-likeness (QED) is 0.703. The Balaban J connectivity index is 1.76. The van der Waals surface area contributed by atoms with Crippen LogP contribution in [0.1, 0.15) is 55.7 Å². The molecule has 0 fully saturated rings. The normalized spacial score (nSPS) is 25.0. The largest absolute Gasteiger partial charge is 0.358 e. The van der Waals surface area contributed by atoms with Gasteiger partial charge in [0.05, 0.1) is 5.52 Å². The Labute approximate surface area is 154 Å². The molecule has 3 heteroatoms. The Kier molecular flexibility index (Phi) is 3.70. The van der Waals surface area contributed by atoms with Gasteiger partial charge in [0.1, 0.15) is 0 Å². The van der Waals surface area contributed by atoms with Crippen LogP contribution >= 0.6 is 0 Å². The molecule has 0 amide bonds. The number of carbonyl (C=O) groups is 1. The molecule has 0 spiro atoms. The molecule has 2 unspecified atom stereocenters. The summed E-state index contributed by atoms with van der Waals surface area (Å²) in [5.74, 6) is 1.05. The van der Waals surface area contributed by atoms with Crippen LogP contribution in [0.4, 0.5) is 5.69 Å². The molecule has 3 nitrogen and oxygen atoms in total. The number of carbonyl (C=O) groups excluding carboxylic acids is 1. The molecule has 0 saturated carbocycles. The van der Waals surface area contributed by atoms with E-state index in [0.717, 1.165) is 48.9 Å². The van der Waals surface area contributed by atoms with Gasteiger partial charge < -0.3 is 5.32 Å². The number of nitrogens with zero attached hydrogens (tertiary/aromatic N) is 1. The molecule has 0 radical (unpaired) electrons. The van der Waals surface area contributed by atoms with Crippen molar-refractivity contribution in [1.29, 1.82) is 0 Å². The number of hydrogen-bond donors (Lipinski definition) is 1. The molecule has 1 aliphatic heterocycles. The first kappa shape index (κ1) is 15.8. The first-order valence-corrected chi connectivity index (χ1v) is 9.81. The molecule has 2 aliphatic carbocycles. The van der Waals surface area contributed by atoms with Gasteiger partial charge in [-0.3, -0.25) is 9.78 Å². The number of allylic oxidation sites excluding steroid dienone is 4. The number of rotatable bonds is 1. The molecule has 2 heterocycles. The summed E-state index contributed by atoms with van der Waals surface area (Å²) in [4.78, 5) is 17.7. The van der Waals surface area contributed by atoms with Gasteiger partial charge in [0.15, 0.2) is 5.78 Å². The van der Waals surface area contributed by atoms with Gasteiger partial charge in [-0.15, -0.1) is 0 Å². The Morgan fingerprint density at radius 3 is 2.88 bits per heavy atom. The van der Waals surface area contributed by atoms with Crippen molar-refractivity contribution < 1.29 is 4.79 Å². The molecule has 26 heavy (non-hydrogen) atoms. The van der Waals surface area contributed by atoms with Gasteiger partial charge in [-0.1, -0.05) is 18.2 Å². The number of benzene rings is 1. The molecule has 2 aromatic rings. The zero-order valence-corrected chi connectivity index (χ0v) is 15.2. The van der Waals surface area contributed by atoms with Crippen molar-refractivity contribution in [3.05, 3.63) is 58.9 Å². The number of ketones is 1. The van der Waals surface area contributed by atoms with Crippen LogP contribution in [0, 0.1) is 12.8 Å². The highest BCUT2D eigenvalue weighted by Gasteiger charge is 2.39. The molecule has 2 atom stereocenters. The van der Waals surface area contributed by atoms with E-state index in [0.29, 0.717) is 18.1 Å². The zero-order valence-electron chi connectivity index (χ0n) is 15.2. The summed E-state index contributed by atoms with van der Waals surface area (Å²) in [7, 11) is 0. The molecule has 132 valence electrons. The monoisotopic (exact) mass is 344 g/mol. The topological polar surface area (TPSA) is 42.0 Å². The van der Waals surface area contributed by atoms with Crippen molar-refractivity contribution in [3.63, 3.8) is 0 Å². The lowest BCUT2D eigenvalue weighted by Crippen LogP contribution is -2.30. The number of nitrogens with one attached hydrogen (secondary N) is 1. The van der Waals surface area contributed by atoms with Gasteiger partial charge in [-0.2, -0.15) is 0 Å². The van der Waals surface area contributed by atoms with E-state index in [2.05, 4.69) is 41.7 Å². The molecular weight excluding hydrogens is 320 g/mol. The summed E-state index contributed by atoms with van der Waals surface area (Å²) in [6.07, 6.45) is 10.6. The summed E-state index contributed by atoms with van der Waals surface area (Å²) in [5.41, 5.74) is 6.78.